The predicted octanol–water partition coefficient (Wildman–Crippen LogP) is 4.43. The average Bonchev–Trinajstić information content (AvgIpc) is 2.46. The summed E-state index contributed by atoms with van der Waals surface area (Å²) < 4.78 is 0. The van der Waals surface area contributed by atoms with Gasteiger partial charge in [-0.2, -0.15) is 0 Å². The first-order valence-electron chi connectivity index (χ1n) is 6.36. The Morgan fingerprint density at radius 3 is 2.33 bits per heavy atom. The normalized spacial score (nSPS) is 10.7. The van der Waals surface area contributed by atoms with Gasteiger partial charge < -0.3 is 0 Å². The second-order valence-electron chi connectivity index (χ2n) is 4.56. The van der Waals surface area contributed by atoms with Crippen LogP contribution in [0.1, 0.15) is 11.1 Å². The standard InChI is InChI=1S/C18H15/c1-2-6-15(7-3-1)10-11-16-12-13-17-8-4-5-9-18(17)14-16/h1-9,12-13H,10-11H2. The van der Waals surface area contributed by atoms with Gasteiger partial charge in [0.15, 0.2) is 0 Å². The van der Waals surface area contributed by atoms with Crippen molar-refractivity contribution >= 4 is 10.8 Å². The molecular formula is C18H15. The Bertz CT molecular complexity index is 638. The summed E-state index contributed by atoms with van der Waals surface area (Å²) in [6, 6.07) is 26.9. The number of aryl methyl sites for hydroxylation is 2. The van der Waals surface area contributed by atoms with Crippen LogP contribution in [0.5, 0.6) is 0 Å². The van der Waals surface area contributed by atoms with Crippen molar-refractivity contribution in [3.05, 3.63) is 83.9 Å². The van der Waals surface area contributed by atoms with E-state index in [1.54, 1.807) is 0 Å². The summed E-state index contributed by atoms with van der Waals surface area (Å²) in [6.07, 6.45) is 2.13. The van der Waals surface area contributed by atoms with Gasteiger partial charge in [0.05, 0.1) is 0 Å². The van der Waals surface area contributed by atoms with Crippen LogP contribution in [0.4, 0.5) is 0 Å². The summed E-state index contributed by atoms with van der Waals surface area (Å²) in [4.78, 5) is 0. The number of rotatable bonds is 3. The lowest BCUT2D eigenvalue weighted by molar-refractivity contribution is 0.961. The van der Waals surface area contributed by atoms with Gasteiger partial charge in [0.1, 0.15) is 0 Å². The molecule has 3 aromatic carbocycles. The largest absolute Gasteiger partial charge is 0.0622 e. The molecule has 0 nitrogen and oxygen atoms in total. The van der Waals surface area contributed by atoms with Gasteiger partial charge in [-0.15, -0.1) is 0 Å². The van der Waals surface area contributed by atoms with E-state index in [9.17, 15) is 0 Å². The summed E-state index contributed by atoms with van der Waals surface area (Å²) in [6.45, 7) is 0. The van der Waals surface area contributed by atoms with Crippen LogP contribution >= 0.6 is 0 Å². The Hall–Kier alpha value is -2.08. The van der Waals surface area contributed by atoms with Gasteiger partial charge in [-0.1, -0.05) is 66.7 Å². The maximum absolute atomic E-state index is 3.50. The van der Waals surface area contributed by atoms with Gasteiger partial charge in [0, 0.05) is 0 Å². The first-order valence-corrected chi connectivity index (χ1v) is 6.36. The van der Waals surface area contributed by atoms with E-state index in [0.717, 1.165) is 12.8 Å². The molecule has 0 atom stereocenters. The number of benzene rings is 3. The van der Waals surface area contributed by atoms with Crippen LogP contribution in [0.25, 0.3) is 10.8 Å². The third-order valence-corrected chi connectivity index (χ3v) is 3.25. The first kappa shape index (κ1) is 11.0. The predicted molar refractivity (Wildman–Crippen MR) is 76.6 cm³/mol. The van der Waals surface area contributed by atoms with Crippen LogP contribution in [0.3, 0.4) is 0 Å². The second kappa shape index (κ2) is 5.05. The molecule has 0 unspecified atom stereocenters. The highest BCUT2D eigenvalue weighted by molar-refractivity contribution is 5.82. The molecule has 0 fully saturated rings. The van der Waals surface area contributed by atoms with Crippen molar-refractivity contribution in [2.45, 2.75) is 12.8 Å². The van der Waals surface area contributed by atoms with Gasteiger partial charge >= 0.3 is 0 Å². The molecule has 0 bridgehead atoms. The van der Waals surface area contributed by atoms with Crippen LogP contribution in [-0.2, 0) is 12.8 Å². The summed E-state index contributed by atoms with van der Waals surface area (Å²) in [5.41, 5.74) is 2.68. The fourth-order valence-corrected chi connectivity index (χ4v) is 2.23. The van der Waals surface area contributed by atoms with Crippen molar-refractivity contribution in [1.29, 1.82) is 0 Å². The van der Waals surface area contributed by atoms with Crippen LogP contribution in [-0.4, -0.2) is 0 Å². The molecule has 0 saturated carbocycles. The fourth-order valence-electron chi connectivity index (χ4n) is 2.23. The molecule has 0 heteroatoms. The monoisotopic (exact) mass is 231 g/mol. The molecule has 0 heterocycles. The van der Waals surface area contributed by atoms with Crippen molar-refractivity contribution in [1.82, 2.24) is 0 Å². The highest BCUT2D eigenvalue weighted by Gasteiger charge is 1.98. The van der Waals surface area contributed by atoms with E-state index in [0.29, 0.717) is 0 Å². The highest BCUT2D eigenvalue weighted by Crippen LogP contribution is 2.16. The Balaban J connectivity index is 1.79. The first-order chi connectivity index (χ1) is 8.92. The molecule has 87 valence electrons. The lowest BCUT2D eigenvalue weighted by Crippen LogP contribution is -1.91. The van der Waals surface area contributed by atoms with E-state index >= 15 is 0 Å². The van der Waals surface area contributed by atoms with E-state index < -0.39 is 0 Å². The van der Waals surface area contributed by atoms with Gasteiger partial charge in [-0.25, -0.2) is 0 Å². The number of hydrogen-bond acceptors (Lipinski definition) is 0. The summed E-state index contributed by atoms with van der Waals surface area (Å²) in [7, 11) is 0. The Labute approximate surface area is 108 Å². The van der Waals surface area contributed by atoms with Gasteiger partial charge in [-0.05, 0) is 40.8 Å². The van der Waals surface area contributed by atoms with Crippen LogP contribution in [0, 0.1) is 6.07 Å². The zero-order valence-corrected chi connectivity index (χ0v) is 10.3. The molecule has 0 N–H and O–H groups in total. The number of hydrogen-bond donors (Lipinski definition) is 0. The lowest BCUT2D eigenvalue weighted by atomic mass is 10.0. The molecular weight excluding hydrogens is 216 g/mol. The molecule has 0 aromatic heterocycles. The third kappa shape index (κ3) is 2.43. The molecule has 0 aliphatic rings. The van der Waals surface area contributed by atoms with E-state index in [-0.39, 0.29) is 0 Å². The van der Waals surface area contributed by atoms with E-state index in [1.807, 2.05) is 0 Å². The summed E-state index contributed by atoms with van der Waals surface area (Å²) >= 11 is 0. The summed E-state index contributed by atoms with van der Waals surface area (Å²) in [5, 5.41) is 2.48. The maximum Gasteiger partial charge on any atom is -0.00642 e. The van der Waals surface area contributed by atoms with Crippen LogP contribution in [0.2, 0.25) is 0 Å². The molecule has 3 aromatic rings. The Kier molecular flexibility index (Phi) is 3.10. The molecule has 0 aliphatic heterocycles. The van der Waals surface area contributed by atoms with Gasteiger partial charge in [-0.3, -0.25) is 0 Å². The second-order valence-corrected chi connectivity index (χ2v) is 4.56. The van der Waals surface area contributed by atoms with Crippen molar-refractivity contribution in [3.63, 3.8) is 0 Å². The number of fused-ring (bicyclic) bond motifs is 1. The molecule has 0 aliphatic carbocycles. The van der Waals surface area contributed by atoms with Crippen LogP contribution < -0.4 is 0 Å². The molecule has 3 rings (SSSR count). The quantitative estimate of drug-likeness (QED) is 0.625. The SMILES string of the molecule is [c]1c(CCc2ccccc2)ccc2ccccc12. The van der Waals surface area contributed by atoms with Crippen molar-refractivity contribution in [3.8, 4) is 0 Å². The molecule has 0 spiro atoms. The Morgan fingerprint density at radius 2 is 1.44 bits per heavy atom. The molecule has 18 heavy (non-hydrogen) atoms. The average molecular weight is 231 g/mol. The lowest BCUT2D eigenvalue weighted by Gasteiger charge is -2.03. The zero-order valence-electron chi connectivity index (χ0n) is 10.3. The molecule has 0 amide bonds. The van der Waals surface area contributed by atoms with Gasteiger partial charge in [0.25, 0.3) is 0 Å². The van der Waals surface area contributed by atoms with Gasteiger partial charge in [0.2, 0.25) is 0 Å². The maximum atomic E-state index is 3.50. The fraction of sp³-hybridized carbons (Fsp3) is 0.111. The third-order valence-electron chi connectivity index (χ3n) is 3.25. The smallest absolute Gasteiger partial charge is 0.00642 e. The molecule has 1 radical (unpaired) electrons. The van der Waals surface area contributed by atoms with Crippen LogP contribution in [0.15, 0.2) is 66.7 Å². The summed E-state index contributed by atoms with van der Waals surface area (Å²) in [5.74, 6) is 0. The topological polar surface area (TPSA) is 0 Å². The minimum Gasteiger partial charge on any atom is -0.0622 e. The zero-order chi connectivity index (χ0) is 12.2. The Morgan fingerprint density at radius 1 is 0.667 bits per heavy atom. The van der Waals surface area contributed by atoms with Crippen molar-refractivity contribution in [2.24, 2.45) is 0 Å². The van der Waals surface area contributed by atoms with Crippen molar-refractivity contribution in [2.75, 3.05) is 0 Å². The van der Waals surface area contributed by atoms with E-state index in [1.165, 1.54) is 21.9 Å². The van der Waals surface area contributed by atoms with E-state index in [2.05, 4.69) is 72.8 Å². The molecule has 0 saturated heterocycles. The minimum atomic E-state index is 1.05. The van der Waals surface area contributed by atoms with Crippen molar-refractivity contribution < 1.29 is 0 Å². The minimum absolute atomic E-state index is 1.05. The highest BCUT2D eigenvalue weighted by atomic mass is 14.0. The van der Waals surface area contributed by atoms with E-state index in [4.69, 9.17) is 0 Å².